The molecule has 0 aromatic heterocycles. The molecule has 0 spiro atoms. The number of para-hydroxylation sites is 1. The third-order valence-corrected chi connectivity index (χ3v) is 5.03. The standard InChI is InChI=1S/C19H21F2NOS/c1-4-12(2)15-7-5-6-8-18(15)22-19(23)13(3)24-14-9-10-16(20)17(21)11-14/h5-13H,4H2,1-3H3,(H,22,23)/t12-,13+/m0/s1. The molecule has 128 valence electrons. The lowest BCUT2D eigenvalue weighted by Crippen LogP contribution is -2.23. The van der Waals surface area contributed by atoms with E-state index in [9.17, 15) is 13.6 Å². The molecule has 0 bridgehead atoms. The normalized spacial score (nSPS) is 13.4. The number of rotatable bonds is 6. The molecule has 2 rings (SSSR count). The van der Waals surface area contributed by atoms with Gasteiger partial charge in [-0.25, -0.2) is 8.78 Å². The van der Waals surface area contributed by atoms with Crippen LogP contribution in [0.5, 0.6) is 0 Å². The number of carbonyl (C=O) groups is 1. The fourth-order valence-corrected chi connectivity index (χ4v) is 3.19. The lowest BCUT2D eigenvalue weighted by molar-refractivity contribution is -0.115. The number of halogens is 2. The van der Waals surface area contributed by atoms with Gasteiger partial charge in [0.25, 0.3) is 0 Å². The maximum atomic E-state index is 13.3. The maximum Gasteiger partial charge on any atom is 0.237 e. The van der Waals surface area contributed by atoms with Crippen LogP contribution in [0.25, 0.3) is 0 Å². The van der Waals surface area contributed by atoms with Gasteiger partial charge in [0.2, 0.25) is 5.91 Å². The van der Waals surface area contributed by atoms with E-state index >= 15 is 0 Å². The van der Waals surface area contributed by atoms with Crippen molar-refractivity contribution in [3.05, 3.63) is 59.7 Å². The summed E-state index contributed by atoms with van der Waals surface area (Å²) in [7, 11) is 0. The number of amides is 1. The van der Waals surface area contributed by atoms with Crippen LogP contribution in [0.4, 0.5) is 14.5 Å². The Morgan fingerprint density at radius 1 is 1.12 bits per heavy atom. The molecular formula is C19H21F2NOS. The monoisotopic (exact) mass is 349 g/mol. The van der Waals surface area contributed by atoms with E-state index in [2.05, 4.69) is 19.2 Å². The summed E-state index contributed by atoms with van der Waals surface area (Å²) in [4.78, 5) is 13.0. The van der Waals surface area contributed by atoms with Crippen molar-refractivity contribution in [1.82, 2.24) is 0 Å². The lowest BCUT2D eigenvalue weighted by Gasteiger charge is -2.17. The van der Waals surface area contributed by atoms with Gasteiger partial charge < -0.3 is 5.32 Å². The van der Waals surface area contributed by atoms with Crippen LogP contribution in [0.3, 0.4) is 0 Å². The van der Waals surface area contributed by atoms with Crippen molar-refractivity contribution in [3.8, 4) is 0 Å². The van der Waals surface area contributed by atoms with E-state index in [1.54, 1.807) is 6.92 Å². The average molecular weight is 349 g/mol. The van der Waals surface area contributed by atoms with Crippen LogP contribution in [0.1, 0.15) is 38.7 Å². The molecule has 2 nitrogen and oxygen atoms in total. The summed E-state index contributed by atoms with van der Waals surface area (Å²) < 4.78 is 26.2. The molecule has 0 aliphatic rings. The molecule has 0 heterocycles. The van der Waals surface area contributed by atoms with E-state index in [0.717, 1.165) is 29.8 Å². The van der Waals surface area contributed by atoms with E-state index in [1.807, 2.05) is 24.3 Å². The third-order valence-electron chi connectivity index (χ3n) is 3.94. The zero-order chi connectivity index (χ0) is 17.7. The van der Waals surface area contributed by atoms with Gasteiger partial charge in [0.05, 0.1) is 5.25 Å². The Morgan fingerprint density at radius 3 is 2.50 bits per heavy atom. The van der Waals surface area contributed by atoms with Crippen LogP contribution in [0.2, 0.25) is 0 Å². The second kappa shape index (κ2) is 8.29. The van der Waals surface area contributed by atoms with E-state index in [4.69, 9.17) is 0 Å². The van der Waals surface area contributed by atoms with Crippen LogP contribution >= 0.6 is 11.8 Å². The van der Waals surface area contributed by atoms with E-state index in [0.29, 0.717) is 10.8 Å². The molecule has 1 N–H and O–H groups in total. The zero-order valence-electron chi connectivity index (χ0n) is 14.0. The highest BCUT2D eigenvalue weighted by Gasteiger charge is 2.18. The van der Waals surface area contributed by atoms with Gasteiger partial charge in [-0.3, -0.25) is 4.79 Å². The minimum atomic E-state index is -0.908. The molecule has 0 aliphatic heterocycles. The summed E-state index contributed by atoms with van der Waals surface area (Å²) >= 11 is 1.20. The first-order chi connectivity index (χ1) is 11.4. The van der Waals surface area contributed by atoms with Gasteiger partial charge in [0.1, 0.15) is 0 Å². The smallest absolute Gasteiger partial charge is 0.237 e. The lowest BCUT2D eigenvalue weighted by atomic mass is 9.97. The molecule has 1 amide bonds. The number of hydrogen-bond donors (Lipinski definition) is 1. The van der Waals surface area contributed by atoms with Crippen molar-refractivity contribution in [2.45, 2.75) is 43.3 Å². The van der Waals surface area contributed by atoms with Gasteiger partial charge >= 0.3 is 0 Å². The minimum absolute atomic E-state index is 0.166. The van der Waals surface area contributed by atoms with Crippen molar-refractivity contribution < 1.29 is 13.6 Å². The minimum Gasteiger partial charge on any atom is -0.325 e. The summed E-state index contributed by atoms with van der Waals surface area (Å²) in [6.07, 6.45) is 0.978. The summed E-state index contributed by atoms with van der Waals surface area (Å²) in [5, 5.41) is 2.51. The van der Waals surface area contributed by atoms with Crippen molar-refractivity contribution in [2.75, 3.05) is 5.32 Å². The van der Waals surface area contributed by atoms with E-state index < -0.39 is 16.9 Å². The number of anilines is 1. The summed E-state index contributed by atoms with van der Waals surface area (Å²) in [5.41, 5.74) is 1.90. The van der Waals surface area contributed by atoms with Gasteiger partial charge in [-0.1, -0.05) is 32.0 Å². The zero-order valence-corrected chi connectivity index (χ0v) is 14.8. The van der Waals surface area contributed by atoms with Crippen LogP contribution in [0.15, 0.2) is 47.4 Å². The molecule has 24 heavy (non-hydrogen) atoms. The van der Waals surface area contributed by atoms with Gasteiger partial charge in [-0.15, -0.1) is 11.8 Å². The molecule has 2 aromatic carbocycles. The second-order valence-corrected chi connectivity index (χ2v) is 7.14. The van der Waals surface area contributed by atoms with Gasteiger partial charge in [-0.2, -0.15) is 0 Å². The highest BCUT2D eigenvalue weighted by atomic mass is 32.2. The highest BCUT2D eigenvalue weighted by Crippen LogP contribution is 2.29. The van der Waals surface area contributed by atoms with Gasteiger partial charge in [0.15, 0.2) is 11.6 Å². The number of nitrogens with one attached hydrogen (secondary N) is 1. The Kier molecular flexibility index (Phi) is 6.37. The number of benzene rings is 2. The highest BCUT2D eigenvalue weighted by molar-refractivity contribution is 8.00. The second-order valence-electron chi connectivity index (χ2n) is 5.72. The molecule has 5 heteroatoms. The van der Waals surface area contributed by atoms with Gasteiger partial charge in [0, 0.05) is 10.6 Å². The molecule has 0 aliphatic carbocycles. The molecule has 0 saturated heterocycles. The van der Waals surface area contributed by atoms with Crippen molar-refractivity contribution >= 4 is 23.4 Å². The molecule has 2 aromatic rings. The van der Waals surface area contributed by atoms with Crippen molar-refractivity contribution in [1.29, 1.82) is 0 Å². The Labute approximate surface area is 145 Å². The molecule has 0 unspecified atom stereocenters. The summed E-state index contributed by atoms with van der Waals surface area (Å²) in [5.74, 6) is -1.62. The fourth-order valence-electron chi connectivity index (χ4n) is 2.30. The van der Waals surface area contributed by atoms with Crippen molar-refractivity contribution in [3.63, 3.8) is 0 Å². The van der Waals surface area contributed by atoms with Crippen molar-refractivity contribution in [2.24, 2.45) is 0 Å². The van der Waals surface area contributed by atoms with Crippen LogP contribution < -0.4 is 5.32 Å². The molecule has 0 saturated carbocycles. The number of hydrogen-bond acceptors (Lipinski definition) is 2. The van der Waals surface area contributed by atoms with E-state index in [1.165, 1.54) is 17.8 Å². The van der Waals surface area contributed by atoms with Crippen LogP contribution in [-0.4, -0.2) is 11.2 Å². The van der Waals surface area contributed by atoms with Gasteiger partial charge in [-0.05, 0) is 49.1 Å². The summed E-state index contributed by atoms with van der Waals surface area (Å²) in [6.45, 7) is 5.96. The Morgan fingerprint density at radius 2 is 1.83 bits per heavy atom. The van der Waals surface area contributed by atoms with E-state index in [-0.39, 0.29) is 5.91 Å². The summed E-state index contributed by atoms with van der Waals surface area (Å²) in [6, 6.07) is 11.4. The molecule has 2 atom stereocenters. The Hall–Kier alpha value is -1.88. The maximum absolute atomic E-state index is 13.3. The first-order valence-electron chi connectivity index (χ1n) is 7.93. The predicted molar refractivity (Wildman–Crippen MR) is 95.5 cm³/mol. The third kappa shape index (κ3) is 4.57. The number of thioether (sulfide) groups is 1. The average Bonchev–Trinajstić information content (AvgIpc) is 2.58. The Balaban J connectivity index is 2.08. The largest absolute Gasteiger partial charge is 0.325 e. The van der Waals surface area contributed by atoms with Crippen LogP contribution in [0, 0.1) is 11.6 Å². The first-order valence-corrected chi connectivity index (χ1v) is 8.81. The number of carbonyl (C=O) groups excluding carboxylic acids is 1. The SMILES string of the molecule is CC[C@H](C)c1ccccc1NC(=O)[C@@H](C)Sc1ccc(F)c(F)c1. The molecule has 0 fully saturated rings. The molecule has 0 radical (unpaired) electrons. The topological polar surface area (TPSA) is 29.1 Å². The van der Waals surface area contributed by atoms with Crippen LogP contribution in [-0.2, 0) is 4.79 Å². The fraction of sp³-hybridized carbons (Fsp3) is 0.316. The Bertz CT molecular complexity index is 720. The first kappa shape index (κ1) is 18.5. The predicted octanol–water partition coefficient (Wildman–Crippen LogP) is 5.60. The molecular weight excluding hydrogens is 328 g/mol. The quantitative estimate of drug-likeness (QED) is 0.688.